The van der Waals surface area contributed by atoms with Gasteiger partial charge in [0.15, 0.2) is 0 Å². The van der Waals surface area contributed by atoms with Gasteiger partial charge in [-0.2, -0.15) is 5.73 Å². The minimum absolute atomic E-state index is 0. The Balaban J connectivity index is 0. The van der Waals surface area contributed by atoms with Gasteiger partial charge in [0, 0.05) is 0 Å². The predicted molar refractivity (Wildman–Crippen MR) is 23.6 cm³/mol. The topological polar surface area (TPSA) is 26.0 Å². The van der Waals surface area contributed by atoms with E-state index in [0.29, 0.717) is 0 Å². The summed E-state index contributed by atoms with van der Waals surface area (Å²) >= 11 is 0. The van der Waals surface area contributed by atoms with E-state index in [1.54, 1.807) is 0 Å². The first kappa shape index (κ1) is 10.5. The second kappa shape index (κ2) is 9.72. The minimum Gasteiger partial charge on any atom is -0.481 e. The molecule has 0 spiro atoms. The van der Waals surface area contributed by atoms with Crippen molar-refractivity contribution >= 4 is 0 Å². The molecule has 0 heterocycles. The van der Waals surface area contributed by atoms with Gasteiger partial charge in [-0.15, -0.1) is 6.20 Å². The fourth-order valence-electron chi connectivity index (χ4n) is 0.0803. The van der Waals surface area contributed by atoms with E-state index in [1.165, 1.54) is 0 Å². The zero-order valence-corrected chi connectivity index (χ0v) is 7.41. The van der Waals surface area contributed by atoms with Crippen LogP contribution >= 0.6 is 0 Å². The van der Waals surface area contributed by atoms with Crippen molar-refractivity contribution in [3.63, 3.8) is 0 Å². The molecule has 0 atom stereocenters. The van der Waals surface area contributed by atoms with Crippen molar-refractivity contribution in [2.75, 3.05) is 0 Å². The Kier molecular flexibility index (Phi) is 14.6. The van der Waals surface area contributed by atoms with Gasteiger partial charge < -0.3 is 5.73 Å². The van der Waals surface area contributed by atoms with Crippen LogP contribution in [0.15, 0.2) is 23.8 Å². The molecule has 0 aliphatic carbocycles. The second-order valence-electron chi connectivity index (χ2n) is 0.571. The quantitative estimate of drug-likeness (QED) is 0.160. The molecule has 0 rings (SSSR count). The number of hydrogen-bond donors (Lipinski definition) is 1. The summed E-state index contributed by atoms with van der Waals surface area (Å²) in [5, 5.41) is 0. The maximum atomic E-state index is 4.72. The first-order valence-electron chi connectivity index (χ1n) is 1.39. The molecule has 2 heteroatoms. The van der Waals surface area contributed by atoms with E-state index in [0.717, 1.165) is 0 Å². The van der Waals surface area contributed by atoms with Gasteiger partial charge in [-0.05, 0) is 0 Å². The molecular weight excluding hydrogens is 113 g/mol. The van der Waals surface area contributed by atoms with E-state index in [1.807, 2.05) is 0 Å². The molecule has 0 radical (unpaired) electrons. The van der Waals surface area contributed by atoms with Crippen LogP contribution in [0.1, 0.15) is 0 Å². The van der Waals surface area contributed by atoms with E-state index < -0.39 is 0 Å². The number of rotatable bonds is 0. The Bertz CT molecular complexity index is 132. The maximum Gasteiger partial charge on any atom is 1.00 e. The zero-order valence-electron chi connectivity index (χ0n) is 4.28. The molecule has 0 bridgehead atoms. The molecule has 0 aromatic rings. The average molecular weight is 117 g/mol. The van der Waals surface area contributed by atoms with Crippen molar-refractivity contribution in [1.29, 1.82) is 0 Å². The third-order valence-corrected chi connectivity index (χ3v) is 0.223. The fourth-order valence-corrected chi connectivity index (χ4v) is 0.0803. The monoisotopic (exact) mass is 117 g/mol. The van der Waals surface area contributed by atoms with Crippen molar-refractivity contribution in [2.45, 2.75) is 0 Å². The summed E-state index contributed by atoms with van der Waals surface area (Å²) in [5.74, 6) is 0. The van der Waals surface area contributed by atoms with Crippen LogP contribution in [0.3, 0.4) is 0 Å². The molecule has 2 N–H and O–H groups in total. The first-order valence-corrected chi connectivity index (χ1v) is 1.39. The van der Waals surface area contributed by atoms with Crippen molar-refractivity contribution in [2.24, 2.45) is 5.73 Å². The van der Waals surface area contributed by atoms with Gasteiger partial charge in [0.05, 0.1) is 0 Å². The number of hydrogen-bond acceptors (Lipinski definition) is 1. The summed E-state index contributed by atoms with van der Waals surface area (Å²) in [7, 11) is 0. The molecule has 7 heavy (non-hydrogen) atoms. The molecule has 0 amide bonds. The van der Waals surface area contributed by atoms with Crippen molar-refractivity contribution < 1.29 is 51.4 Å². The number of nitrogens with two attached hydrogens (primary N) is 1. The van der Waals surface area contributed by atoms with Crippen LogP contribution in [0.5, 0.6) is 0 Å². The summed E-state index contributed by atoms with van der Waals surface area (Å²) < 4.78 is 0. The molecular formula is C5H4KN. The van der Waals surface area contributed by atoms with Crippen molar-refractivity contribution in [1.82, 2.24) is 0 Å². The molecule has 30 valence electrons. The molecule has 0 unspecified atom stereocenters. The van der Waals surface area contributed by atoms with Crippen LogP contribution in [0.2, 0.25) is 0 Å². The standard InChI is InChI=1S/C5H4N.K/c1-2-3-4-5-6;/h1,6H2;/q-1;+1. The molecule has 0 saturated heterocycles. The SMILES string of the molecule is C=C=C=C=[C-]N.[K+]. The second-order valence-corrected chi connectivity index (χ2v) is 0.571. The molecule has 0 aromatic heterocycles. The Hall–Kier alpha value is 0.516. The van der Waals surface area contributed by atoms with Gasteiger partial charge in [-0.1, -0.05) is 6.58 Å². The summed E-state index contributed by atoms with van der Waals surface area (Å²) in [5.41, 5.74) is 11.7. The van der Waals surface area contributed by atoms with Crippen LogP contribution in [0, 0.1) is 6.20 Å². The zero-order chi connectivity index (χ0) is 4.83. The van der Waals surface area contributed by atoms with Gasteiger partial charge in [0.25, 0.3) is 0 Å². The fraction of sp³-hybridized carbons (Fsp3) is 0. The molecule has 1 nitrogen and oxygen atoms in total. The van der Waals surface area contributed by atoms with E-state index in [9.17, 15) is 0 Å². The van der Waals surface area contributed by atoms with Gasteiger partial charge in [-0.25, -0.2) is 0 Å². The van der Waals surface area contributed by atoms with Gasteiger partial charge in [0.2, 0.25) is 0 Å². The predicted octanol–water partition coefficient (Wildman–Crippen LogP) is -2.64. The molecule has 0 aromatic carbocycles. The molecule has 0 saturated carbocycles. The van der Waals surface area contributed by atoms with Crippen LogP contribution < -0.4 is 57.1 Å². The van der Waals surface area contributed by atoms with Gasteiger partial charge in [0.1, 0.15) is 0 Å². The first-order chi connectivity index (χ1) is 2.91. The molecule has 0 aliphatic heterocycles. The smallest absolute Gasteiger partial charge is 0.481 e. The van der Waals surface area contributed by atoms with E-state index in [-0.39, 0.29) is 51.4 Å². The largest absolute Gasteiger partial charge is 1.00 e. The van der Waals surface area contributed by atoms with Crippen molar-refractivity contribution in [3.8, 4) is 0 Å². The summed E-state index contributed by atoms with van der Waals surface area (Å²) in [6, 6.07) is 0. The Morgan fingerprint density at radius 3 is 2.29 bits per heavy atom. The van der Waals surface area contributed by atoms with Gasteiger partial charge in [-0.3, -0.25) is 11.5 Å². The van der Waals surface area contributed by atoms with Crippen LogP contribution in [0.4, 0.5) is 0 Å². The summed E-state index contributed by atoms with van der Waals surface area (Å²) in [6.07, 6.45) is 2.10. The maximum absolute atomic E-state index is 4.72. The third-order valence-electron chi connectivity index (χ3n) is 0.223. The summed E-state index contributed by atoms with van der Waals surface area (Å²) in [4.78, 5) is 0. The van der Waals surface area contributed by atoms with E-state index in [4.69, 9.17) is 5.73 Å². The Morgan fingerprint density at radius 2 is 2.14 bits per heavy atom. The third kappa shape index (κ3) is 10.7. The molecule has 0 fully saturated rings. The van der Waals surface area contributed by atoms with Crippen LogP contribution in [-0.4, -0.2) is 0 Å². The normalized spacial score (nSPS) is 3.43. The average Bonchev–Trinajstić information content (AvgIpc) is 1.61. The molecule has 0 aliphatic rings. The summed E-state index contributed by atoms with van der Waals surface area (Å²) in [6.45, 7) is 3.20. The van der Waals surface area contributed by atoms with Crippen LogP contribution in [-0.2, 0) is 0 Å². The Labute approximate surface area is 85.7 Å². The minimum atomic E-state index is 0. The van der Waals surface area contributed by atoms with Gasteiger partial charge >= 0.3 is 51.4 Å². The van der Waals surface area contributed by atoms with E-state index >= 15 is 0 Å². The van der Waals surface area contributed by atoms with Crippen LogP contribution in [0.25, 0.3) is 0 Å². The Morgan fingerprint density at radius 1 is 1.57 bits per heavy atom. The van der Waals surface area contributed by atoms with E-state index in [2.05, 4.69) is 30.0 Å². The van der Waals surface area contributed by atoms with Crippen molar-refractivity contribution in [3.05, 3.63) is 30.0 Å².